The molecule has 22 heteroatoms. The van der Waals surface area contributed by atoms with Crippen molar-refractivity contribution < 1.29 is 92.4 Å². The minimum atomic E-state index is -5.37. The van der Waals surface area contributed by atoms with Crippen LogP contribution in [0, 0.1) is 0 Å². The molecule has 2 amide bonds. The monoisotopic (exact) mass is 1310 g/mol. The van der Waals surface area contributed by atoms with Crippen LogP contribution < -0.4 is 10.6 Å². The second-order valence-electron chi connectivity index (χ2n) is 26.0. The first-order chi connectivity index (χ1) is 43.4. The summed E-state index contributed by atoms with van der Waals surface area (Å²) in [6, 6.07) is -3.28. The fourth-order valence-electron chi connectivity index (χ4n) is 12.2. The van der Waals surface area contributed by atoms with Crippen LogP contribution in [0.3, 0.4) is 0 Å². The normalized spacial score (nSPS) is 23.1. The number of hydrogen-bond donors (Lipinski definition) is 10. The summed E-state index contributed by atoms with van der Waals surface area (Å²) in [6.07, 6.45) is 23.2. The van der Waals surface area contributed by atoms with Crippen LogP contribution in [0.25, 0.3) is 0 Å². The molecule has 2 aliphatic rings. The lowest BCUT2D eigenvalue weighted by molar-refractivity contribution is -0.297. The molecule has 0 bridgehead atoms. The third-order valence-corrected chi connectivity index (χ3v) is 18.1. The molecule has 0 spiro atoms. The highest BCUT2D eigenvalue weighted by molar-refractivity contribution is 7.46. The van der Waals surface area contributed by atoms with Gasteiger partial charge < -0.3 is 74.7 Å². The van der Waals surface area contributed by atoms with E-state index in [1.165, 1.54) is 103 Å². The van der Waals surface area contributed by atoms with E-state index in [2.05, 4.69) is 38.3 Å². The number of aliphatic hydroxyl groups excluding tert-OH is 6. The standard InChI is InChI=1S/C68H129N2O19P/c1-5-9-13-17-21-25-26-30-34-38-42-46-59(76)85-54(45-41-37-33-29-24-20-16-12-8-4)49-58(75)69-61-64(79)65(89-90(81,82)83)55(50-71)87-68(61)84-51-56-63(78)66(88-60(77)48-53(73)44-40-36-32-28-23-19-15-11-7-3)62(67(80)86-56)70-57(74)47-52(72)43-39-35-31-27-22-18-14-10-6-2/h52-56,61-68,71-73,78-80H,5-51H2,1-4H3,(H,69,75)(H,70,74)(H2,81,82,83)/t52-,53-,54-,55-,56-,61-,62-,63-,64-,65-,66-,67+,68-/m1/s1. The van der Waals surface area contributed by atoms with E-state index in [0.29, 0.717) is 44.9 Å². The van der Waals surface area contributed by atoms with Gasteiger partial charge in [0.15, 0.2) is 18.7 Å². The van der Waals surface area contributed by atoms with Gasteiger partial charge in [0.1, 0.15) is 48.7 Å². The molecule has 530 valence electrons. The van der Waals surface area contributed by atoms with Gasteiger partial charge in [-0.3, -0.25) is 23.7 Å². The Balaban J connectivity index is 2.30. The summed E-state index contributed by atoms with van der Waals surface area (Å²) in [5, 5.41) is 72.6. The van der Waals surface area contributed by atoms with Crippen LogP contribution in [0.2, 0.25) is 0 Å². The minimum absolute atomic E-state index is 0.169. The van der Waals surface area contributed by atoms with Crippen molar-refractivity contribution in [3.8, 4) is 0 Å². The number of amides is 2. The molecule has 2 aliphatic heterocycles. The molecule has 0 saturated carbocycles. The van der Waals surface area contributed by atoms with E-state index >= 15 is 0 Å². The molecular weight excluding hydrogens is 1180 g/mol. The van der Waals surface area contributed by atoms with E-state index in [-0.39, 0.29) is 19.3 Å². The molecule has 13 atom stereocenters. The van der Waals surface area contributed by atoms with Crippen molar-refractivity contribution >= 4 is 31.6 Å². The molecule has 10 N–H and O–H groups in total. The fraction of sp³-hybridized carbons (Fsp3) is 0.941. The lowest BCUT2D eigenvalue weighted by Crippen LogP contribution is -2.67. The Kier molecular flexibility index (Phi) is 49.2. The van der Waals surface area contributed by atoms with Crippen molar-refractivity contribution in [2.45, 2.75) is 396 Å². The van der Waals surface area contributed by atoms with Gasteiger partial charge in [0, 0.05) is 6.42 Å². The number of hydrogen-bond acceptors (Lipinski definition) is 17. The Bertz CT molecular complexity index is 1850. The molecule has 0 aromatic heterocycles. The van der Waals surface area contributed by atoms with Gasteiger partial charge in [0.05, 0.1) is 44.7 Å². The summed E-state index contributed by atoms with van der Waals surface area (Å²) < 4.78 is 46.6. The largest absolute Gasteiger partial charge is 0.470 e. The average molecular weight is 1310 g/mol. The molecule has 0 unspecified atom stereocenters. The molecule has 0 radical (unpaired) electrons. The van der Waals surface area contributed by atoms with Gasteiger partial charge in [-0.1, -0.05) is 259 Å². The smallest absolute Gasteiger partial charge is 0.462 e. The van der Waals surface area contributed by atoms with Crippen molar-refractivity contribution in [2.24, 2.45) is 0 Å². The van der Waals surface area contributed by atoms with Crippen LogP contribution in [0.1, 0.15) is 317 Å². The van der Waals surface area contributed by atoms with Crippen LogP contribution in [-0.2, 0) is 52.0 Å². The quantitative estimate of drug-likeness (QED) is 0.0154. The third kappa shape index (κ3) is 40.1. The van der Waals surface area contributed by atoms with E-state index in [9.17, 15) is 64.2 Å². The van der Waals surface area contributed by atoms with Crippen molar-refractivity contribution in [3.05, 3.63) is 0 Å². The maximum absolute atomic E-state index is 14.2. The molecule has 2 heterocycles. The maximum atomic E-state index is 14.2. The molecule has 2 rings (SSSR count). The van der Waals surface area contributed by atoms with Crippen LogP contribution in [0.15, 0.2) is 0 Å². The second-order valence-corrected chi connectivity index (χ2v) is 27.2. The minimum Gasteiger partial charge on any atom is -0.462 e. The topological polar surface area (TPSA) is 327 Å². The van der Waals surface area contributed by atoms with Gasteiger partial charge >= 0.3 is 19.8 Å². The first-order valence-corrected chi connectivity index (χ1v) is 37.6. The number of ether oxygens (including phenoxy) is 5. The Hall–Kier alpha value is -2.37. The van der Waals surface area contributed by atoms with Crippen molar-refractivity contribution in [1.82, 2.24) is 10.6 Å². The Morgan fingerprint density at radius 1 is 0.467 bits per heavy atom. The number of aliphatic hydroxyl groups is 6. The Labute approximate surface area is 542 Å². The van der Waals surface area contributed by atoms with Gasteiger partial charge in [0.25, 0.3) is 0 Å². The molecular formula is C68H129N2O19P. The highest BCUT2D eigenvalue weighted by Gasteiger charge is 2.52. The number of esters is 2. The summed E-state index contributed by atoms with van der Waals surface area (Å²) in [7, 11) is -5.37. The third-order valence-electron chi connectivity index (χ3n) is 17.6. The number of nitrogens with one attached hydrogen (secondary N) is 2. The van der Waals surface area contributed by atoms with E-state index in [4.69, 9.17) is 28.2 Å². The number of rotatable bonds is 58. The van der Waals surface area contributed by atoms with Crippen LogP contribution >= 0.6 is 7.82 Å². The first kappa shape index (κ1) is 83.7. The van der Waals surface area contributed by atoms with E-state index < -0.39 is 131 Å². The molecule has 90 heavy (non-hydrogen) atoms. The zero-order valence-corrected chi connectivity index (χ0v) is 57.1. The summed E-state index contributed by atoms with van der Waals surface area (Å²) in [5.74, 6) is -2.88. The Morgan fingerprint density at radius 3 is 1.31 bits per heavy atom. The summed E-state index contributed by atoms with van der Waals surface area (Å²) in [5.41, 5.74) is 0. The second kappa shape index (κ2) is 52.9. The first-order valence-electron chi connectivity index (χ1n) is 36.0. The highest BCUT2D eigenvalue weighted by atomic mass is 31.2. The SMILES string of the molecule is CCCCCCCCCCCCCC(=O)O[C@H](CCCCCCCCCCC)CC(=O)N[C@H]1[C@H](OC[C@H]2O[C@H](O)[C@H](NC(=O)C[C@H](O)CCCCCCCCCCC)[C@@H](OC(=O)C[C@H](O)CCCCCCCCCCC)[C@@H]2O)O[C@H](CO)[C@@H](OP(=O)(O)O)[C@@H]1O. The van der Waals surface area contributed by atoms with Gasteiger partial charge in [-0.25, -0.2) is 4.57 Å². The maximum Gasteiger partial charge on any atom is 0.470 e. The van der Waals surface area contributed by atoms with Crippen molar-refractivity contribution in [2.75, 3.05) is 13.2 Å². The number of unbranched alkanes of at least 4 members (excludes halogenated alkanes) is 34. The van der Waals surface area contributed by atoms with Crippen LogP contribution in [-0.4, -0.2) is 157 Å². The molecule has 0 aromatic rings. The van der Waals surface area contributed by atoms with Gasteiger partial charge in [0.2, 0.25) is 11.8 Å². The average Bonchev–Trinajstić information content (AvgIpc) is 0.911. The van der Waals surface area contributed by atoms with E-state index in [1.54, 1.807) is 0 Å². The fourth-order valence-corrected chi connectivity index (χ4v) is 12.7. The molecule has 21 nitrogen and oxygen atoms in total. The highest BCUT2D eigenvalue weighted by Crippen LogP contribution is 2.42. The van der Waals surface area contributed by atoms with E-state index in [0.717, 1.165) is 116 Å². The number of phosphoric acid groups is 1. The zero-order valence-electron chi connectivity index (χ0n) is 56.3. The lowest BCUT2D eigenvalue weighted by Gasteiger charge is -2.45. The van der Waals surface area contributed by atoms with Crippen LogP contribution in [0.4, 0.5) is 0 Å². The van der Waals surface area contributed by atoms with Crippen LogP contribution in [0.5, 0.6) is 0 Å². The number of carbonyl (C=O) groups is 4. The number of carbonyl (C=O) groups excluding carboxylic acids is 4. The molecule has 0 aromatic carbocycles. The lowest BCUT2D eigenvalue weighted by atomic mass is 9.95. The van der Waals surface area contributed by atoms with Crippen molar-refractivity contribution in [1.29, 1.82) is 0 Å². The zero-order chi connectivity index (χ0) is 66.2. The predicted octanol–water partition coefficient (Wildman–Crippen LogP) is 11.8. The molecule has 2 saturated heterocycles. The van der Waals surface area contributed by atoms with Gasteiger partial charge in [-0.05, 0) is 32.1 Å². The molecule has 2 fully saturated rings. The number of phosphoric ester groups is 1. The van der Waals surface area contributed by atoms with Gasteiger partial charge in [-0.2, -0.15) is 0 Å². The summed E-state index contributed by atoms with van der Waals surface area (Å²) in [4.78, 5) is 74.3. The predicted molar refractivity (Wildman–Crippen MR) is 348 cm³/mol. The van der Waals surface area contributed by atoms with Crippen molar-refractivity contribution in [3.63, 3.8) is 0 Å². The molecule has 0 aliphatic carbocycles. The Morgan fingerprint density at radius 2 is 0.867 bits per heavy atom. The summed E-state index contributed by atoms with van der Waals surface area (Å²) >= 11 is 0. The van der Waals surface area contributed by atoms with E-state index in [1.807, 2.05) is 0 Å². The summed E-state index contributed by atoms with van der Waals surface area (Å²) in [6.45, 7) is 7.03. The van der Waals surface area contributed by atoms with Gasteiger partial charge in [-0.15, -0.1) is 0 Å².